The van der Waals surface area contributed by atoms with E-state index in [-0.39, 0.29) is 0 Å². The fourth-order valence-electron chi connectivity index (χ4n) is 1.90. The van der Waals surface area contributed by atoms with Crippen LogP contribution in [0.2, 0.25) is 10.4 Å². The summed E-state index contributed by atoms with van der Waals surface area (Å²) in [5, 5.41) is 2.65. The van der Waals surface area contributed by atoms with E-state index >= 15 is 0 Å². The average molecular weight is 306 g/mol. The van der Waals surface area contributed by atoms with E-state index in [1.807, 2.05) is 0 Å². The second-order valence-electron chi connectivity index (χ2n) is 3.74. The van der Waals surface area contributed by atoms with Crippen LogP contribution in [-0.2, 0) is 0 Å². The number of hydrogen-bond donors (Lipinski definition) is 0. The third kappa shape index (κ3) is 3.44. The second-order valence-corrected chi connectivity index (χ2v) is 17.2. The van der Waals surface area contributed by atoms with Gasteiger partial charge in [-0.25, -0.2) is 0 Å². The molecule has 0 saturated heterocycles. The number of hydrogen-bond acceptors (Lipinski definition) is 1. The summed E-state index contributed by atoms with van der Waals surface area (Å²) in [5.74, 6) is 0. The summed E-state index contributed by atoms with van der Waals surface area (Å²) in [6.45, 7) is 4.53. The minimum absolute atomic E-state index is 1.25. The van der Waals surface area contributed by atoms with E-state index in [0.717, 1.165) is 0 Å². The van der Waals surface area contributed by atoms with E-state index in [2.05, 4.69) is 44.2 Å². The first-order chi connectivity index (χ1) is 7.29. The first kappa shape index (κ1) is 13.5. The quantitative estimate of drug-likeness (QED) is 0.695. The van der Waals surface area contributed by atoms with Gasteiger partial charge in [-0.1, -0.05) is 0 Å². The van der Waals surface area contributed by atoms with Crippen molar-refractivity contribution in [3.8, 4) is 0 Å². The van der Waals surface area contributed by atoms with Crippen LogP contribution >= 0.6 is 19.9 Å². The molecule has 0 atom stereocenters. The molecule has 0 N–H and O–H groups in total. The molecular formula is C12H19AsClS. The van der Waals surface area contributed by atoms with Gasteiger partial charge in [0, 0.05) is 0 Å². The molecule has 3 heteroatoms. The zero-order chi connectivity index (χ0) is 11.1. The van der Waals surface area contributed by atoms with E-state index in [1.54, 1.807) is 13.6 Å². The van der Waals surface area contributed by atoms with Gasteiger partial charge >= 0.3 is 104 Å². The molecule has 0 aliphatic carbocycles. The molecule has 0 fully saturated rings. The van der Waals surface area contributed by atoms with E-state index in [0.29, 0.717) is 0 Å². The Balaban J connectivity index is 2.97. The third-order valence-electron chi connectivity index (χ3n) is 2.53. The van der Waals surface area contributed by atoms with Gasteiger partial charge in [0.25, 0.3) is 0 Å². The Morgan fingerprint density at radius 3 is 2.00 bits per heavy atom. The molecule has 0 amide bonds. The first-order valence-electron chi connectivity index (χ1n) is 5.52. The Kier molecular flexibility index (Phi) is 6.19. The Morgan fingerprint density at radius 2 is 1.60 bits per heavy atom. The summed E-state index contributed by atoms with van der Waals surface area (Å²) < 4.78 is 1.54. The molecule has 0 nitrogen and oxygen atoms in total. The molecule has 1 radical (unpaired) electrons. The van der Waals surface area contributed by atoms with Crippen molar-refractivity contribution in [1.29, 1.82) is 0 Å². The topological polar surface area (TPSA) is 0 Å². The van der Waals surface area contributed by atoms with Gasteiger partial charge in [0.2, 0.25) is 0 Å². The molecule has 0 unspecified atom stereocenters. The number of halogens is 1. The number of rotatable bonds is 6. The predicted octanol–water partition coefficient (Wildman–Crippen LogP) is 4.55. The molecule has 1 aromatic rings. The van der Waals surface area contributed by atoms with Gasteiger partial charge in [-0.05, 0) is 0 Å². The Morgan fingerprint density at radius 1 is 1.07 bits per heavy atom. The van der Waals surface area contributed by atoms with Crippen LogP contribution in [0.1, 0.15) is 26.7 Å². The van der Waals surface area contributed by atoms with Gasteiger partial charge < -0.3 is 0 Å². The van der Waals surface area contributed by atoms with Crippen molar-refractivity contribution >= 4 is 36.7 Å². The Hall–Kier alpha value is 0.418. The van der Waals surface area contributed by atoms with Crippen LogP contribution in [0.3, 0.4) is 0 Å². The molecule has 0 aromatic heterocycles. The second kappa shape index (κ2) is 6.88. The molecule has 0 bridgehead atoms. The van der Waals surface area contributed by atoms with Gasteiger partial charge in [-0.2, -0.15) is 0 Å². The zero-order valence-electron chi connectivity index (χ0n) is 9.45. The van der Waals surface area contributed by atoms with E-state index in [4.69, 9.17) is 10.7 Å². The van der Waals surface area contributed by atoms with E-state index in [1.165, 1.54) is 23.3 Å². The van der Waals surface area contributed by atoms with Gasteiger partial charge in [-0.15, -0.1) is 0 Å². The van der Waals surface area contributed by atoms with Crippen LogP contribution in [0.4, 0.5) is 0 Å². The molecule has 0 spiro atoms. The summed E-state index contributed by atoms with van der Waals surface area (Å²) in [6.07, 6.45) is 2.50. The van der Waals surface area contributed by atoms with Crippen LogP contribution in [0.15, 0.2) is 30.3 Å². The van der Waals surface area contributed by atoms with Crippen molar-refractivity contribution in [3.63, 3.8) is 0 Å². The molecule has 85 valence electrons. The van der Waals surface area contributed by atoms with Crippen molar-refractivity contribution in [2.24, 2.45) is 0 Å². The summed E-state index contributed by atoms with van der Waals surface area (Å²) in [5.41, 5.74) is 0. The van der Waals surface area contributed by atoms with Crippen LogP contribution in [0.5, 0.6) is 0 Å². The summed E-state index contributed by atoms with van der Waals surface area (Å²) in [4.78, 5) is 0. The summed E-state index contributed by atoms with van der Waals surface area (Å²) in [6, 6.07) is 10.9. The van der Waals surface area contributed by atoms with Crippen molar-refractivity contribution in [2.45, 2.75) is 37.1 Å². The van der Waals surface area contributed by atoms with Crippen molar-refractivity contribution in [1.82, 2.24) is 0 Å². The molecule has 0 heterocycles. The Bertz CT molecular complexity index is 270. The van der Waals surface area contributed by atoms with Gasteiger partial charge in [0.1, 0.15) is 0 Å². The standard InChI is InChI=1S/C12H19AsClS/c1-3-10-13(15-14,11-4-2)12-8-6-5-7-9-12/h5-9H,3-4,10-11H2,1-2H3. The maximum atomic E-state index is 6.21. The van der Waals surface area contributed by atoms with Gasteiger partial charge in [-0.3, -0.25) is 0 Å². The first-order valence-corrected chi connectivity index (χ1v) is 13.0. The molecule has 0 aliphatic heterocycles. The minimum atomic E-state index is -1.84. The average Bonchev–Trinajstić information content (AvgIpc) is 2.30. The monoisotopic (exact) mass is 305 g/mol. The summed E-state index contributed by atoms with van der Waals surface area (Å²) in [7, 11) is 7.87. The molecule has 1 aromatic carbocycles. The summed E-state index contributed by atoms with van der Waals surface area (Å²) >= 11 is -1.84. The number of benzene rings is 1. The fraction of sp³-hybridized carbons (Fsp3) is 0.500. The van der Waals surface area contributed by atoms with Crippen molar-refractivity contribution in [2.75, 3.05) is 0 Å². The fourth-order valence-corrected chi connectivity index (χ4v) is 15.5. The van der Waals surface area contributed by atoms with E-state index in [9.17, 15) is 0 Å². The van der Waals surface area contributed by atoms with Gasteiger partial charge in [0.15, 0.2) is 0 Å². The van der Waals surface area contributed by atoms with Crippen molar-refractivity contribution < 1.29 is 0 Å². The van der Waals surface area contributed by atoms with Crippen LogP contribution in [0.25, 0.3) is 0 Å². The Labute approximate surface area is 104 Å². The van der Waals surface area contributed by atoms with E-state index < -0.39 is 12.4 Å². The SMILES string of the molecule is CCC[As](CCC)(SCl)c1ccccc1. The van der Waals surface area contributed by atoms with Crippen LogP contribution < -0.4 is 4.35 Å². The van der Waals surface area contributed by atoms with Crippen molar-refractivity contribution in [3.05, 3.63) is 30.3 Å². The molecule has 1 rings (SSSR count). The van der Waals surface area contributed by atoms with Crippen LogP contribution in [-0.4, -0.2) is 12.4 Å². The normalized spacial score (nSPS) is 11.7. The third-order valence-corrected chi connectivity index (χ3v) is 19.1. The maximum absolute atomic E-state index is 6.21. The molecule has 0 saturated carbocycles. The zero-order valence-corrected chi connectivity index (χ0v) is 12.9. The molecule has 0 aliphatic rings. The van der Waals surface area contributed by atoms with Crippen LogP contribution in [0, 0.1) is 0 Å². The molecular weight excluding hydrogens is 287 g/mol. The van der Waals surface area contributed by atoms with Gasteiger partial charge in [0.05, 0.1) is 0 Å². The molecule has 15 heavy (non-hydrogen) atoms. The predicted molar refractivity (Wildman–Crippen MR) is 75.5 cm³/mol.